The van der Waals surface area contributed by atoms with Crippen LogP contribution >= 0.6 is 0 Å². The molecule has 0 saturated carbocycles. The molecule has 21 heavy (non-hydrogen) atoms. The summed E-state index contributed by atoms with van der Waals surface area (Å²) in [5.41, 5.74) is 1.51. The predicted molar refractivity (Wildman–Crippen MR) is 79.1 cm³/mol. The number of anilines is 1. The molecule has 1 aliphatic rings. The highest BCUT2D eigenvalue weighted by Gasteiger charge is 2.35. The number of carboxylic acids is 1. The molecule has 0 bridgehead atoms. The van der Waals surface area contributed by atoms with Crippen LogP contribution in [-0.4, -0.2) is 39.6 Å². The lowest BCUT2D eigenvalue weighted by Crippen LogP contribution is -2.51. The predicted octanol–water partition coefficient (Wildman–Crippen LogP) is 2.50. The molecule has 0 radical (unpaired) electrons. The molecular formula is C15H21N3O3. The van der Waals surface area contributed by atoms with E-state index >= 15 is 0 Å². The van der Waals surface area contributed by atoms with E-state index in [-0.39, 0.29) is 6.03 Å². The number of nitrogens with zero attached hydrogens (tertiary/aromatic N) is 2. The third-order valence-electron chi connectivity index (χ3n) is 4.12. The van der Waals surface area contributed by atoms with Crippen LogP contribution in [0.5, 0.6) is 0 Å². The molecule has 6 nitrogen and oxygen atoms in total. The molecule has 1 saturated heterocycles. The summed E-state index contributed by atoms with van der Waals surface area (Å²) in [7, 11) is 0. The summed E-state index contributed by atoms with van der Waals surface area (Å²) >= 11 is 0. The van der Waals surface area contributed by atoms with Gasteiger partial charge in [-0.3, -0.25) is 4.98 Å². The minimum absolute atomic E-state index is 0.368. The second-order valence-electron chi connectivity index (χ2n) is 5.47. The van der Waals surface area contributed by atoms with E-state index in [1.54, 1.807) is 18.5 Å². The van der Waals surface area contributed by atoms with Gasteiger partial charge in [-0.25, -0.2) is 9.59 Å². The minimum atomic E-state index is -0.939. The second-order valence-corrected chi connectivity index (χ2v) is 5.47. The van der Waals surface area contributed by atoms with Gasteiger partial charge in [-0.15, -0.1) is 0 Å². The van der Waals surface area contributed by atoms with Gasteiger partial charge in [-0.1, -0.05) is 13.3 Å². The Balaban J connectivity index is 2.10. The van der Waals surface area contributed by atoms with Gasteiger partial charge < -0.3 is 15.3 Å². The van der Waals surface area contributed by atoms with Gasteiger partial charge in [-0.2, -0.15) is 0 Å². The Kier molecular flexibility index (Phi) is 4.77. The minimum Gasteiger partial charge on any atom is -0.480 e. The summed E-state index contributed by atoms with van der Waals surface area (Å²) in [6.07, 6.45) is 5.53. The molecule has 2 N–H and O–H groups in total. The topological polar surface area (TPSA) is 82.5 Å². The molecule has 114 valence electrons. The maximum atomic E-state index is 12.4. The number of hydrogen-bond acceptors (Lipinski definition) is 3. The molecule has 0 aromatic carbocycles. The zero-order chi connectivity index (χ0) is 15.4. The van der Waals surface area contributed by atoms with Crippen LogP contribution in [0.3, 0.4) is 0 Å². The number of nitrogens with one attached hydrogen (secondary N) is 1. The van der Waals surface area contributed by atoms with E-state index < -0.39 is 12.0 Å². The molecule has 2 atom stereocenters. The van der Waals surface area contributed by atoms with Gasteiger partial charge in [0, 0.05) is 12.7 Å². The molecule has 1 fully saturated rings. The SMILES string of the molecule is CCC1CCN(C(=O)Nc2cnccc2C)C(C(=O)O)C1. The van der Waals surface area contributed by atoms with E-state index in [1.165, 1.54) is 4.90 Å². The zero-order valence-electron chi connectivity index (χ0n) is 12.4. The van der Waals surface area contributed by atoms with Crippen LogP contribution in [-0.2, 0) is 4.79 Å². The van der Waals surface area contributed by atoms with Crippen LogP contribution in [0.2, 0.25) is 0 Å². The highest BCUT2D eigenvalue weighted by atomic mass is 16.4. The molecule has 1 aromatic heterocycles. The highest BCUT2D eigenvalue weighted by molar-refractivity contribution is 5.92. The zero-order valence-corrected chi connectivity index (χ0v) is 12.4. The number of likely N-dealkylation sites (tertiary alicyclic amines) is 1. The van der Waals surface area contributed by atoms with Crippen molar-refractivity contribution in [3.05, 3.63) is 24.0 Å². The number of piperidine rings is 1. The van der Waals surface area contributed by atoms with Crippen molar-refractivity contribution in [2.24, 2.45) is 5.92 Å². The van der Waals surface area contributed by atoms with Gasteiger partial charge in [0.15, 0.2) is 0 Å². The van der Waals surface area contributed by atoms with Gasteiger partial charge in [0.1, 0.15) is 6.04 Å². The first-order valence-corrected chi connectivity index (χ1v) is 7.24. The summed E-state index contributed by atoms with van der Waals surface area (Å²) in [6.45, 7) is 4.40. The number of aliphatic carboxylic acids is 1. The van der Waals surface area contributed by atoms with Gasteiger partial charge in [0.05, 0.1) is 11.9 Å². The molecule has 2 unspecified atom stereocenters. The summed E-state index contributed by atoms with van der Waals surface area (Å²) in [5, 5.41) is 12.1. The number of hydrogen-bond donors (Lipinski definition) is 2. The molecule has 1 aromatic rings. The standard InChI is InChI=1S/C15H21N3O3/c1-3-11-5-7-18(13(8-11)14(19)20)15(21)17-12-9-16-6-4-10(12)2/h4,6,9,11,13H,3,5,7-8H2,1-2H3,(H,17,21)(H,19,20). The van der Waals surface area contributed by atoms with Crippen molar-refractivity contribution in [1.29, 1.82) is 0 Å². The largest absolute Gasteiger partial charge is 0.480 e. The fourth-order valence-corrected chi connectivity index (χ4v) is 2.67. The first kappa shape index (κ1) is 15.3. The lowest BCUT2D eigenvalue weighted by molar-refractivity contribution is -0.143. The van der Waals surface area contributed by atoms with E-state index in [0.717, 1.165) is 18.4 Å². The number of aryl methyl sites for hydroxylation is 1. The first-order valence-electron chi connectivity index (χ1n) is 7.24. The van der Waals surface area contributed by atoms with Crippen LogP contribution in [0.25, 0.3) is 0 Å². The Morgan fingerprint density at radius 2 is 2.29 bits per heavy atom. The Morgan fingerprint density at radius 1 is 1.52 bits per heavy atom. The Hall–Kier alpha value is -2.11. The molecule has 2 rings (SSSR count). The maximum absolute atomic E-state index is 12.4. The Morgan fingerprint density at radius 3 is 2.90 bits per heavy atom. The van der Waals surface area contributed by atoms with Crippen LogP contribution in [0, 0.1) is 12.8 Å². The third-order valence-corrected chi connectivity index (χ3v) is 4.12. The number of carbonyl (C=O) groups excluding carboxylic acids is 1. The number of aromatic nitrogens is 1. The van der Waals surface area contributed by atoms with Crippen LogP contribution in [0.4, 0.5) is 10.5 Å². The summed E-state index contributed by atoms with van der Waals surface area (Å²) < 4.78 is 0. The number of urea groups is 1. The molecule has 6 heteroatoms. The molecular weight excluding hydrogens is 270 g/mol. The van der Waals surface area contributed by atoms with Gasteiger partial charge in [-0.05, 0) is 37.3 Å². The number of carbonyl (C=O) groups is 2. The highest BCUT2D eigenvalue weighted by Crippen LogP contribution is 2.26. The number of pyridine rings is 1. The van der Waals surface area contributed by atoms with Crippen molar-refractivity contribution < 1.29 is 14.7 Å². The van der Waals surface area contributed by atoms with Crippen molar-refractivity contribution >= 4 is 17.7 Å². The second kappa shape index (κ2) is 6.56. The van der Waals surface area contributed by atoms with E-state index in [2.05, 4.69) is 17.2 Å². The average molecular weight is 291 g/mol. The lowest BCUT2D eigenvalue weighted by atomic mass is 9.89. The fraction of sp³-hybridized carbons (Fsp3) is 0.533. The molecule has 0 aliphatic carbocycles. The van der Waals surface area contributed by atoms with Crippen molar-refractivity contribution in [3.63, 3.8) is 0 Å². The molecule has 2 heterocycles. The summed E-state index contributed by atoms with van der Waals surface area (Å²) in [6, 6.07) is 0.682. The number of amides is 2. The van der Waals surface area contributed by atoms with Crippen molar-refractivity contribution in [1.82, 2.24) is 9.88 Å². The van der Waals surface area contributed by atoms with Crippen LogP contribution < -0.4 is 5.32 Å². The van der Waals surface area contributed by atoms with Crippen molar-refractivity contribution in [3.8, 4) is 0 Å². The normalized spacial score (nSPS) is 21.9. The lowest BCUT2D eigenvalue weighted by Gasteiger charge is -2.36. The van der Waals surface area contributed by atoms with E-state index in [4.69, 9.17) is 0 Å². The fourth-order valence-electron chi connectivity index (χ4n) is 2.67. The summed E-state index contributed by atoms with van der Waals surface area (Å²) in [5.74, 6) is -0.568. The maximum Gasteiger partial charge on any atom is 0.326 e. The number of carboxylic acid groups (broad SMARTS) is 1. The quantitative estimate of drug-likeness (QED) is 0.896. The van der Waals surface area contributed by atoms with E-state index in [9.17, 15) is 14.7 Å². The Bertz CT molecular complexity index is 533. The van der Waals surface area contributed by atoms with Crippen molar-refractivity contribution in [2.75, 3.05) is 11.9 Å². The van der Waals surface area contributed by atoms with Crippen molar-refractivity contribution in [2.45, 2.75) is 39.2 Å². The van der Waals surface area contributed by atoms with Gasteiger partial charge in [0.2, 0.25) is 0 Å². The first-order chi connectivity index (χ1) is 10.0. The third kappa shape index (κ3) is 3.51. The summed E-state index contributed by atoms with van der Waals surface area (Å²) in [4.78, 5) is 29.2. The van der Waals surface area contributed by atoms with Gasteiger partial charge in [0.25, 0.3) is 0 Å². The molecule has 0 spiro atoms. The van der Waals surface area contributed by atoms with Gasteiger partial charge >= 0.3 is 12.0 Å². The average Bonchev–Trinajstić information content (AvgIpc) is 2.48. The smallest absolute Gasteiger partial charge is 0.326 e. The van der Waals surface area contributed by atoms with E-state index in [0.29, 0.717) is 24.6 Å². The molecule has 2 amide bonds. The van der Waals surface area contributed by atoms with Crippen LogP contribution in [0.1, 0.15) is 31.7 Å². The Labute approximate surface area is 124 Å². The van der Waals surface area contributed by atoms with Crippen LogP contribution in [0.15, 0.2) is 18.5 Å². The number of rotatable bonds is 3. The van der Waals surface area contributed by atoms with E-state index in [1.807, 2.05) is 6.92 Å². The monoisotopic (exact) mass is 291 g/mol. The molecule has 1 aliphatic heterocycles.